The number of carbonyl (C=O) groups is 1. The van der Waals surface area contributed by atoms with Gasteiger partial charge in [0.2, 0.25) is 0 Å². The molecule has 0 radical (unpaired) electrons. The number of aromatic nitrogens is 1. The fraction of sp³-hybridized carbons (Fsp3) is 0.429. The van der Waals surface area contributed by atoms with Gasteiger partial charge in [0.15, 0.2) is 5.58 Å². The zero-order valence-electron chi connectivity index (χ0n) is 11.4. The largest absolute Gasteiger partial charge is 0.419 e. The number of aryl methyl sites for hydroxylation is 1. The van der Waals surface area contributed by atoms with Crippen molar-refractivity contribution >= 4 is 17.4 Å². The molecule has 1 N–H and O–H groups in total. The van der Waals surface area contributed by atoms with Gasteiger partial charge in [-0.05, 0) is 17.7 Å². The summed E-state index contributed by atoms with van der Waals surface area (Å²) in [6.45, 7) is 5.20. The van der Waals surface area contributed by atoms with Crippen LogP contribution in [0.4, 0.5) is 0 Å². The van der Waals surface area contributed by atoms with E-state index in [2.05, 4.69) is 19.2 Å². The normalized spacial score (nSPS) is 11.9. The van der Waals surface area contributed by atoms with Gasteiger partial charge in [0, 0.05) is 19.0 Å². The van der Waals surface area contributed by atoms with Gasteiger partial charge in [0.1, 0.15) is 6.29 Å². The van der Waals surface area contributed by atoms with E-state index in [1.54, 1.807) is 7.05 Å². The number of aldehydes is 1. The maximum absolute atomic E-state index is 11.5. The average Bonchev–Trinajstić information content (AvgIpc) is 2.65. The van der Waals surface area contributed by atoms with Gasteiger partial charge >= 0.3 is 5.76 Å². The Labute approximate surface area is 111 Å². The highest BCUT2D eigenvalue weighted by atomic mass is 16.4. The van der Waals surface area contributed by atoms with Gasteiger partial charge in [-0.15, -0.1) is 0 Å². The Kier molecular flexibility index (Phi) is 3.57. The highest BCUT2D eigenvalue weighted by Gasteiger charge is 2.21. The summed E-state index contributed by atoms with van der Waals surface area (Å²) in [5.41, 5.74) is 2.33. The molecule has 0 atom stereocenters. The van der Waals surface area contributed by atoms with Crippen molar-refractivity contribution in [1.29, 1.82) is 0 Å². The maximum Gasteiger partial charge on any atom is 0.419 e. The molecule has 0 aliphatic heterocycles. The minimum Gasteiger partial charge on any atom is -0.408 e. The SMILES string of the molecule is Cn1c(=O)oc2ccc(C(C)(C)CNCC=O)cc21. The van der Waals surface area contributed by atoms with Crippen LogP contribution >= 0.6 is 0 Å². The van der Waals surface area contributed by atoms with E-state index in [1.165, 1.54) is 4.57 Å². The zero-order chi connectivity index (χ0) is 14.0. The van der Waals surface area contributed by atoms with Gasteiger partial charge < -0.3 is 14.5 Å². The lowest BCUT2D eigenvalue weighted by atomic mass is 9.84. The first kappa shape index (κ1) is 13.5. The van der Waals surface area contributed by atoms with Gasteiger partial charge in [0.05, 0.1) is 12.1 Å². The molecule has 1 aromatic carbocycles. The summed E-state index contributed by atoms with van der Waals surface area (Å²) >= 11 is 0. The second kappa shape index (κ2) is 5.01. The third-order valence-electron chi connectivity index (χ3n) is 3.37. The van der Waals surface area contributed by atoms with Crippen LogP contribution in [0.15, 0.2) is 27.4 Å². The third kappa shape index (κ3) is 2.61. The predicted octanol–water partition coefficient (Wildman–Crippen LogP) is 1.20. The Hall–Kier alpha value is -1.88. The lowest BCUT2D eigenvalue weighted by molar-refractivity contribution is -0.107. The van der Waals surface area contributed by atoms with Crippen molar-refractivity contribution in [3.63, 3.8) is 0 Å². The molecule has 1 aromatic heterocycles. The number of fused-ring (bicyclic) bond motifs is 1. The Morgan fingerprint density at radius 1 is 1.42 bits per heavy atom. The smallest absolute Gasteiger partial charge is 0.408 e. The Balaban J connectivity index is 2.36. The van der Waals surface area contributed by atoms with Crippen molar-refractivity contribution in [2.75, 3.05) is 13.1 Å². The van der Waals surface area contributed by atoms with E-state index in [4.69, 9.17) is 4.42 Å². The highest BCUT2D eigenvalue weighted by Crippen LogP contribution is 2.25. The molecule has 19 heavy (non-hydrogen) atoms. The summed E-state index contributed by atoms with van der Waals surface area (Å²) in [5.74, 6) is -0.357. The third-order valence-corrected chi connectivity index (χ3v) is 3.37. The van der Waals surface area contributed by atoms with Gasteiger partial charge in [-0.2, -0.15) is 0 Å². The number of hydrogen-bond acceptors (Lipinski definition) is 4. The summed E-state index contributed by atoms with van der Waals surface area (Å²) in [6.07, 6.45) is 0.846. The molecule has 0 unspecified atom stereocenters. The zero-order valence-corrected chi connectivity index (χ0v) is 11.4. The van der Waals surface area contributed by atoms with Crippen LogP contribution in [0.3, 0.4) is 0 Å². The van der Waals surface area contributed by atoms with Crippen LogP contribution in [-0.4, -0.2) is 23.9 Å². The van der Waals surface area contributed by atoms with Crippen LogP contribution in [0.1, 0.15) is 19.4 Å². The number of rotatable bonds is 5. The monoisotopic (exact) mass is 262 g/mol. The standard InChI is InChI=1S/C14H18N2O3/c1-14(2,9-15-6-7-17)10-4-5-12-11(8-10)16(3)13(18)19-12/h4-5,7-8,15H,6,9H2,1-3H3. The van der Waals surface area contributed by atoms with Crippen molar-refractivity contribution in [3.8, 4) is 0 Å². The lowest BCUT2D eigenvalue weighted by Crippen LogP contribution is -2.33. The number of carbonyl (C=O) groups excluding carboxylic acids is 1. The van der Waals surface area contributed by atoms with E-state index in [0.717, 1.165) is 17.4 Å². The van der Waals surface area contributed by atoms with Gasteiger partial charge in [-0.1, -0.05) is 19.9 Å². The maximum atomic E-state index is 11.5. The molecule has 5 heteroatoms. The summed E-state index contributed by atoms with van der Waals surface area (Å²) in [7, 11) is 1.69. The molecule has 5 nitrogen and oxygen atoms in total. The molecule has 0 fully saturated rings. The van der Waals surface area contributed by atoms with E-state index in [9.17, 15) is 9.59 Å². The summed E-state index contributed by atoms with van der Waals surface area (Å²) in [4.78, 5) is 21.8. The van der Waals surface area contributed by atoms with Crippen LogP contribution in [0, 0.1) is 0 Å². The quantitative estimate of drug-likeness (QED) is 0.649. The number of nitrogens with zero attached hydrogens (tertiary/aromatic N) is 1. The summed E-state index contributed by atoms with van der Waals surface area (Å²) < 4.78 is 6.60. The summed E-state index contributed by atoms with van der Waals surface area (Å²) in [5, 5.41) is 3.08. The van der Waals surface area contributed by atoms with Crippen molar-refractivity contribution < 1.29 is 9.21 Å². The first-order chi connectivity index (χ1) is 8.95. The van der Waals surface area contributed by atoms with Crippen LogP contribution in [0.2, 0.25) is 0 Å². The van der Waals surface area contributed by atoms with Crippen molar-refractivity contribution in [1.82, 2.24) is 9.88 Å². The van der Waals surface area contributed by atoms with Crippen LogP contribution in [0.25, 0.3) is 11.1 Å². The molecule has 102 valence electrons. The summed E-state index contributed by atoms with van der Waals surface area (Å²) in [6, 6.07) is 5.73. The highest BCUT2D eigenvalue weighted by molar-refractivity contribution is 5.74. The molecule has 0 amide bonds. The second-order valence-corrected chi connectivity index (χ2v) is 5.29. The fourth-order valence-electron chi connectivity index (χ4n) is 2.09. The van der Waals surface area contributed by atoms with Gasteiger partial charge in [-0.3, -0.25) is 4.57 Å². The van der Waals surface area contributed by atoms with E-state index in [-0.39, 0.29) is 11.2 Å². The van der Waals surface area contributed by atoms with Crippen molar-refractivity contribution in [3.05, 3.63) is 34.3 Å². The molecule has 0 saturated heterocycles. The number of oxazole rings is 1. The number of hydrogen-bond donors (Lipinski definition) is 1. The van der Waals surface area contributed by atoms with E-state index in [0.29, 0.717) is 18.7 Å². The van der Waals surface area contributed by atoms with E-state index < -0.39 is 0 Å². The molecule has 0 aliphatic carbocycles. The predicted molar refractivity (Wildman–Crippen MR) is 73.4 cm³/mol. The average molecular weight is 262 g/mol. The Morgan fingerprint density at radius 2 is 2.16 bits per heavy atom. The molecule has 1 heterocycles. The van der Waals surface area contributed by atoms with Crippen molar-refractivity contribution in [2.24, 2.45) is 7.05 Å². The first-order valence-corrected chi connectivity index (χ1v) is 6.20. The molecule has 2 aromatic rings. The molecule has 0 aliphatic rings. The van der Waals surface area contributed by atoms with Gasteiger partial charge in [0.25, 0.3) is 0 Å². The molecular formula is C14H18N2O3. The fourth-order valence-corrected chi connectivity index (χ4v) is 2.09. The molecular weight excluding hydrogens is 244 g/mol. The Bertz CT molecular complexity index is 652. The van der Waals surface area contributed by atoms with Gasteiger partial charge in [-0.25, -0.2) is 4.79 Å². The molecule has 2 rings (SSSR count). The van der Waals surface area contributed by atoms with Crippen molar-refractivity contribution in [2.45, 2.75) is 19.3 Å². The minimum atomic E-state index is -0.357. The number of nitrogens with one attached hydrogen (secondary N) is 1. The molecule has 0 spiro atoms. The lowest BCUT2D eigenvalue weighted by Gasteiger charge is -2.25. The Morgan fingerprint density at radius 3 is 2.84 bits per heavy atom. The van der Waals surface area contributed by atoms with Crippen LogP contribution in [0.5, 0.6) is 0 Å². The number of benzene rings is 1. The minimum absolute atomic E-state index is 0.134. The second-order valence-electron chi connectivity index (χ2n) is 5.29. The molecule has 0 saturated carbocycles. The topological polar surface area (TPSA) is 64.2 Å². The van der Waals surface area contributed by atoms with Crippen LogP contribution in [-0.2, 0) is 17.3 Å². The first-order valence-electron chi connectivity index (χ1n) is 6.20. The van der Waals surface area contributed by atoms with Crippen LogP contribution < -0.4 is 11.1 Å². The molecule has 0 bridgehead atoms. The van der Waals surface area contributed by atoms with E-state index >= 15 is 0 Å². The van der Waals surface area contributed by atoms with E-state index in [1.807, 2.05) is 18.2 Å².